The minimum Gasteiger partial charge on any atom is -0.493 e. The van der Waals surface area contributed by atoms with Gasteiger partial charge in [-0.15, -0.1) is 12.4 Å². The molecule has 0 aromatic heterocycles. The van der Waals surface area contributed by atoms with Crippen LogP contribution in [0, 0.1) is 6.92 Å². The van der Waals surface area contributed by atoms with Crippen molar-refractivity contribution in [2.24, 2.45) is 0 Å². The zero-order valence-corrected chi connectivity index (χ0v) is 17.9. The molecular weight excluding hydrogens is 392 g/mol. The van der Waals surface area contributed by atoms with Crippen LogP contribution in [0.4, 0.5) is 5.69 Å². The van der Waals surface area contributed by atoms with E-state index in [2.05, 4.69) is 10.6 Å². The molecule has 6 nitrogen and oxygen atoms in total. The monoisotopic (exact) mass is 422 g/mol. The Balaban J connectivity index is 0.00000420. The van der Waals surface area contributed by atoms with Gasteiger partial charge >= 0.3 is 0 Å². The summed E-state index contributed by atoms with van der Waals surface area (Å²) in [6, 6.07) is 13.3. The first-order valence-corrected chi connectivity index (χ1v) is 9.60. The number of benzene rings is 2. The van der Waals surface area contributed by atoms with E-state index in [0.717, 1.165) is 49.2 Å². The van der Waals surface area contributed by atoms with Crippen molar-refractivity contribution in [1.29, 1.82) is 0 Å². The van der Waals surface area contributed by atoms with Crippen molar-refractivity contribution < 1.29 is 19.4 Å². The fourth-order valence-electron chi connectivity index (χ4n) is 2.69. The predicted molar refractivity (Wildman–Crippen MR) is 118 cm³/mol. The van der Waals surface area contributed by atoms with E-state index < -0.39 is 0 Å². The van der Waals surface area contributed by atoms with Gasteiger partial charge in [0.05, 0.1) is 7.11 Å². The van der Waals surface area contributed by atoms with Gasteiger partial charge in [0.25, 0.3) is 5.91 Å². The first-order chi connectivity index (χ1) is 13.6. The number of carbonyl (C=O) groups excluding carboxylic acids is 1. The number of amides is 1. The maximum atomic E-state index is 12.1. The molecule has 0 aliphatic rings. The van der Waals surface area contributed by atoms with Crippen LogP contribution in [0.2, 0.25) is 0 Å². The Morgan fingerprint density at radius 2 is 1.79 bits per heavy atom. The molecule has 7 heteroatoms. The van der Waals surface area contributed by atoms with Gasteiger partial charge in [-0.2, -0.15) is 0 Å². The van der Waals surface area contributed by atoms with Crippen LogP contribution in [-0.2, 0) is 11.3 Å². The molecule has 2 aromatic rings. The Morgan fingerprint density at radius 1 is 1.03 bits per heavy atom. The molecule has 3 N–H and O–H groups in total. The van der Waals surface area contributed by atoms with Crippen molar-refractivity contribution in [2.75, 3.05) is 32.2 Å². The van der Waals surface area contributed by atoms with Crippen LogP contribution in [0.5, 0.6) is 11.5 Å². The summed E-state index contributed by atoms with van der Waals surface area (Å²) in [6.45, 7) is 3.79. The van der Waals surface area contributed by atoms with Gasteiger partial charge in [0, 0.05) is 18.8 Å². The maximum Gasteiger partial charge on any atom is 0.262 e. The molecule has 0 aliphatic heterocycles. The Hall–Kier alpha value is -2.28. The first kappa shape index (κ1) is 24.8. The number of halogens is 1. The number of rotatable bonds is 12. The molecule has 1 amide bonds. The number of carbonyl (C=O) groups is 1. The molecule has 0 saturated heterocycles. The maximum absolute atomic E-state index is 12.1. The smallest absolute Gasteiger partial charge is 0.262 e. The second-order valence-corrected chi connectivity index (χ2v) is 6.65. The Kier molecular flexibility index (Phi) is 11.8. The number of methoxy groups -OCH3 is 1. The first-order valence-electron chi connectivity index (χ1n) is 9.60. The van der Waals surface area contributed by atoms with E-state index >= 15 is 0 Å². The summed E-state index contributed by atoms with van der Waals surface area (Å²) in [4.78, 5) is 12.1. The van der Waals surface area contributed by atoms with Gasteiger partial charge in [0.1, 0.15) is 0 Å². The summed E-state index contributed by atoms with van der Waals surface area (Å²) in [7, 11) is 1.58. The topological polar surface area (TPSA) is 79.8 Å². The summed E-state index contributed by atoms with van der Waals surface area (Å²) >= 11 is 0. The third kappa shape index (κ3) is 9.17. The minimum atomic E-state index is -0.223. The molecule has 0 radical (unpaired) electrons. The number of hydrogen-bond acceptors (Lipinski definition) is 5. The summed E-state index contributed by atoms with van der Waals surface area (Å²) < 4.78 is 11.0. The van der Waals surface area contributed by atoms with Gasteiger partial charge < -0.3 is 25.2 Å². The highest BCUT2D eigenvalue weighted by Crippen LogP contribution is 2.28. The fraction of sp³-hybridized carbons (Fsp3) is 0.409. The van der Waals surface area contributed by atoms with Crippen LogP contribution in [0.3, 0.4) is 0 Å². The Morgan fingerprint density at radius 3 is 2.48 bits per heavy atom. The number of aliphatic hydroxyl groups excluding tert-OH is 1. The zero-order chi connectivity index (χ0) is 20.2. The largest absolute Gasteiger partial charge is 0.493 e. The SMILES string of the molecule is COc1cc(CNCCCCCO)ccc1OCC(=O)Nc1ccc(C)cc1.Cl. The molecule has 0 saturated carbocycles. The predicted octanol–water partition coefficient (Wildman–Crippen LogP) is 3.70. The van der Waals surface area contributed by atoms with E-state index in [1.165, 1.54) is 0 Å². The van der Waals surface area contributed by atoms with Gasteiger partial charge in [0.15, 0.2) is 18.1 Å². The van der Waals surface area contributed by atoms with Crippen LogP contribution in [-0.4, -0.2) is 37.9 Å². The normalized spacial score (nSPS) is 10.2. The van der Waals surface area contributed by atoms with E-state index in [4.69, 9.17) is 14.6 Å². The quantitative estimate of drug-likeness (QED) is 0.454. The molecule has 160 valence electrons. The number of nitrogens with one attached hydrogen (secondary N) is 2. The third-order valence-electron chi connectivity index (χ3n) is 4.26. The van der Waals surface area contributed by atoms with Crippen molar-refractivity contribution in [1.82, 2.24) is 5.32 Å². The van der Waals surface area contributed by atoms with Gasteiger partial charge in [-0.1, -0.05) is 23.8 Å². The number of anilines is 1. The van der Waals surface area contributed by atoms with Crippen molar-refractivity contribution in [3.05, 3.63) is 53.6 Å². The summed E-state index contributed by atoms with van der Waals surface area (Å²) in [6.07, 6.45) is 2.90. The highest BCUT2D eigenvalue weighted by molar-refractivity contribution is 5.91. The molecule has 0 bridgehead atoms. The van der Waals surface area contributed by atoms with Crippen LogP contribution < -0.4 is 20.1 Å². The van der Waals surface area contributed by atoms with E-state index in [9.17, 15) is 4.79 Å². The Bertz CT molecular complexity index is 738. The molecule has 29 heavy (non-hydrogen) atoms. The molecule has 0 heterocycles. The van der Waals surface area contributed by atoms with E-state index in [1.807, 2.05) is 49.4 Å². The molecule has 0 fully saturated rings. The number of aliphatic hydroxyl groups is 1. The summed E-state index contributed by atoms with van der Waals surface area (Å²) in [5.74, 6) is 0.912. The molecule has 2 rings (SSSR count). The zero-order valence-electron chi connectivity index (χ0n) is 17.1. The second kappa shape index (κ2) is 13.8. The van der Waals surface area contributed by atoms with Crippen molar-refractivity contribution in [2.45, 2.75) is 32.7 Å². The van der Waals surface area contributed by atoms with Crippen LogP contribution in [0.15, 0.2) is 42.5 Å². The van der Waals surface area contributed by atoms with Crippen LogP contribution in [0.25, 0.3) is 0 Å². The van der Waals surface area contributed by atoms with E-state index in [1.54, 1.807) is 7.11 Å². The standard InChI is InChI=1S/C22H30N2O4.ClH/c1-17-6-9-19(10-7-17)24-22(26)16-28-20-11-8-18(14-21(20)27-2)15-23-12-4-3-5-13-25;/h6-11,14,23,25H,3-5,12-13,15-16H2,1-2H3,(H,24,26);1H. The molecule has 0 spiro atoms. The molecule has 0 unspecified atom stereocenters. The van der Waals surface area contributed by atoms with E-state index in [0.29, 0.717) is 11.5 Å². The number of aryl methyl sites for hydroxylation is 1. The number of ether oxygens (including phenoxy) is 2. The van der Waals surface area contributed by atoms with Gasteiger partial charge in [-0.3, -0.25) is 4.79 Å². The van der Waals surface area contributed by atoms with E-state index in [-0.39, 0.29) is 31.5 Å². The Labute approximate surface area is 179 Å². The molecular formula is C22H31ClN2O4. The van der Waals surface area contributed by atoms with Crippen molar-refractivity contribution >= 4 is 24.0 Å². The molecule has 0 aliphatic carbocycles. The average Bonchev–Trinajstić information content (AvgIpc) is 2.71. The second-order valence-electron chi connectivity index (χ2n) is 6.65. The lowest BCUT2D eigenvalue weighted by atomic mass is 10.2. The van der Waals surface area contributed by atoms with Gasteiger partial charge in [-0.05, 0) is 62.6 Å². The summed E-state index contributed by atoms with van der Waals surface area (Å²) in [5.41, 5.74) is 2.96. The average molecular weight is 423 g/mol. The number of hydrogen-bond donors (Lipinski definition) is 3. The third-order valence-corrected chi connectivity index (χ3v) is 4.26. The van der Waals surface area contributed by atoms with Gasteiger partial charge in [0.2, 0.25) is 0 Å². The van der Waals surface area contributed by atoms with Crippen LogP contribution in [0.1, 0.15) is 30.4 Å². The van der Waals surface area contributed by atoms with Crippen LogP contribution >= 0.6 is 12.4 Å². The fourth-order valence-corrected chi connectivity index (χ4v) is 2.69. The summed E-state index contributed by atoms with van der Waals surface area (Å²) in [5, 5.41) is 15.0. The lowest BCUT2D eigenvalue weighted by Gasteiger charge is -2.13. The lowest BCUT2D eigenvalue weighted by Crippen LogP contribution is -2.20. The lowest BCUT2D eigenvalue weighted by molar-refractivity contribution is -0.118. The minimum absolute atomic E-state index is 0. The highest BCUT2D eigenvalue weighted by Gasteiger charge is 2.09. The molecule has 2 aromatic carbocycles. The van der Waals surface area contributed by atoms with Crippen molar-refractivity contribution in [3.63, 3.8) is 0 Å². The van der Waals surface area contributed by atoms with Crippen molar-refractivity contribution in [3.8, 4) is 11.5 Å². The molecule has 0 atom stereocenters. The highest BCUT2D eigenvalue weighted by atomic mass is 35.5. The number of unbranched alkanes of at least 4 members (excludes halogenated alkanes) is 2. The van der Waals surface area contributed by atoms with Gasteiger partial charge in [-0.25, -0.2) is 0 Å².